The molecule has 1 aliphatic heterocycles. The maximum absolute atomic E-state index is 13.2. The average Bonchev–Trinajstić information content (AvgIpc) is 3.52. The molecule has 11 nitrogen and oxygen atoms in total. The highest BCUT2D eigenvalue weighted by Gasteiger charge is 2.29. The molecule has 39 heavy (non-hydrogen) atoms. The van der Waals surface area contributed by atoms with Crippen LogP contribution in [-0.4, -0.2) is 44.5 Å². The predicted octanol–water partition coefficient (Wildman–Crippen LogP) is 5.00. The largest absolute Gasteiger partial charge is 0.490 e. The third-order valence-corrected chi connectivity index (χ3v) is 6.52. The number of hydrogen-bond acceptors (Lipinski definition) is 6. The van der Waals surface area contributed by atoms with Gasteiger partial charge in [-0.3, -0.25) is 14.8 Å². The van der Waals surface area contributed by atoms with E-state index in [1.54, 1.807) is 22.9 Å². The maximum atomic E-state index is 13.2. The Hall–Kier alpha value is -4.85. The SMILES string of the molecule is [C-]#[N+]c1cc2c3c(c1)nc(NC(=O)c1cc(C)nn1CC)n3[C@@H](CCCNC(=O)OCc1ccccc1)CO2. The minimum Gasteiger partial charge on any atom is -0.490 e. The zero-order valence-electron chi connectivity index (χ0n) is 21.8. The maximum Gasteiger partial charge on any atom is 0.407 e. The Morgan fingerprint density at radius 1 is 1.23 bits per heavy atom. The fourth-order valence-corrected chi connectivity index (χ4v) is 4.71. The minimum atomic E-state index is -0.475. The number of hydrogen-bond donors (Lipinski definition) is 2. The standard InChI is InChI=1S/C28H29N7O4/c1-4-34-23(13-18(2)33-34)26(36)32-27-31-22-14-20(29-3)15-24-25(22)35(27)21(17-38-24)11-8-12-30-28(37)39-16-19-9-6-5-7-10-19/h5-7,9-10,13-15,21H,4,8,11-12,16-17H2,1-2H3,(H,30,37)(H,31,32,36)/t21-/m0/s1. The van der Waals surface area contributed by atoms with Crippen molar-refractivity contribution in [2.45, 2.75) is 45.9 Å². The van der Waals surface area contributed by atoms with Gasteiger partial charge in [-0.15, -0.1) is 0 Å². The van der Waals surface area contributed by atoms with Gasteiger partial charge in [0.1, 0.15) is 30.2 Å². The van der Waals surface area contributed by atoms with E-state index in [2.05, 4.69) is 25.6 Å². The Morgan fingerprint density at radius 2 is 2.05 bits per heavy atom. The van der Waals surface area contributed by atoms with E-state index in [4.69, 9.17) is 16.0 Å². The lowest BCUT2D eigenvalue weighted by molar-refractivity contribution is 0.101. The highest BCUT2D eigenvalue weighted by molar-refractivity contribution is 6.03. The summed E-state index contributed by atoms with van der Waals surface area (Å²) in [6.45, 7) is 12.7. The molecule has 2 amide bonds. The van der Waals surface area contributed by atoms with Crippen LogP contribution in [0.15, 0.2) is 48.5 Å². The summed E-state index contributed by atoms with van der Waals surface area (Å²) >= 11 is 0. The lowest BCUT2D eigenvalue weighted by Gasteiger charge is -2.27. The van der Waals surface area contributed by atoms with Crippen LogP contribution in [0.3, 0.4) is 0 Å². The summed E-state index contributed by atoms with van der Waals surface area (Å²) in [7, 11) is 0. The molecule has 0 saturated heterocycles. The van der Waals surface area contributed by atoms with E-state index in [0.29, 0.717) is 61.1 Å². The van der Waals surface area contributed by atoms with Gasteiger partial charge >= 0.3 is 6.09 Å². The zero-order chi connectivity index (χ0) is 27.4. The van der Waals surface area contributed by atoms with E-state index in [1.807, 2.05) is 48.7 Å². The number of nitrogens with zero attached hydrogens (tertiary/aromatic N) is 5. The molecule has 4 aromatic rings. The Labute approximate surface area is 225 Å². The van der Waals surface area contributed by atoms with Crippen LogP contribution in [0, 0.1) is 13.5 Å². The van der Waals surface area contributed by atoms with Crippen LogP contribution < -0.4 is 15.4 Å². The fraction of sp³-hybridized carbons (Fsp3) is 0.321. The predicted molar refractivity (Wildman–Crippen MR) is 145 cm³/mol. The van der Waals surface area contributed by atoms with Crippen molar-refractivity contribution in [1.82, 2.24) is 24.6 Å². The quantitative estimate of drug-likeness (QED) is 0.234. The zero-order valence-corrected chi connectivity index (χ0v) is 21.8. The van der Waals surface area contributed by atoms with Gasteiger partial charge in [-0.2, -0.15) is 5.10 Å². The van der Waals surface area contributed by atoms with Crippen molar-refractivity contribution in [3.05, 3.63) is 76.9 Å². The highest BCUT2D eigenvalue weighted by Crippen LogP contribution is 2.40. The molecule has 1 atom stereocenters. The topological polar surface area (TPSA) is 117 Å². The van der Waals surface area contributed by atoms with Crippen LogP contribution in [-0.2, 0) is 17.9 Å². The Balaban J connectivity index is 1.30. The molecule has 0 bridgehead atoms. The van der Waals surface area contributed by atoms with Crippen LogP contribution in [0.5, 0.6) is 5.75 Å². The van der Waals surface area contributed by atoms with E-state index in [0.717, 1.165) is 16.8 Å². The van der Waals surface area contributed by atoms with Crippen LogP contribution >= 0.6 is 0 Å². The Bertz CT molecular complexity index is 1550. The van der Waals surface area contributed by atoms with Crippen LogP contribution in [0.25, 0.3) is 15.9 Å². The number of benzene rings is 2. The van der Waals surface area contributed by atoms with Gasteiger partial charge < -0.3 is 19.4 Å². The summed E-state index contributed by atoms with van der Waals surface area (Å²) in [6.07, 6.45) is 0.832. The molecule has 1 aliphatic rings. The summed E-state index contributed by atoms with van der Waals surface area (Å²) in [6, 6.07) is 14.5. The number of aromatic nitrogens is 4. The van der Waals surface area contributed by atoms with Gasteiger partial charge in [0.15, 0.2) is 5.69 Å². The van der Waals surface area contributed by atoms with Crippen LogP contribution in [0.2, 0.25) is 0 Å². The average molecular weight is 528 g/mol. The monoisotopic (exact) mass is 527 g/mol. The number of imidazole rings is 1. The van der Waals surface area contributed by atoms with Gasteiger partial charge in [-0.25, -0.2) is 14.6 Å². The summed E-state index contributed by atoms with van der Waals surface area (Å²) in [5, 5.41) is 10.1. The first kappa shape index (κ1) is 25.8. The van der Waals surface area contributed by atoms with Crippen molar-refractivity contribution < 1.29 is 19.1 Å². The first-order chi connectivity index (χ1) is 19.0. The van der Waals surface area contributed by atoms with E-state index in [-0.39, 0.29) is 18.6 Å². The van der Waals surface area contributed by atoms with Gasteiger partial charge in [0.25, 0.3) is 5.91 Å². The van der Waals surface area contributed by atoms with Crippen molar-refractivity contribution in [2.24, 2.45) is 0 Å². The number of alkyl carbamates (subject to hydrolysis) is 1. The minimum absolute atomic E-state index is 0.142. The number of carbonyl (C=O) groups is 2. The second-order valence-corrected chi connectivity index (χ2v) is 9.27. The second kappa shape index (κ2) is 11.3. The molecule has 200 valence electrons. The Kier molecular flexibility index (Phi) is 7.45. The van der Waals surface area contributed by atoms with Crippen LogP contribution in [0.4, 0.5) is 16.4 Å². The van der Waals surface area contributed by atoms with Crippen molar-refractivity contribution in [1.29, 1.82) is 0 Å². The summed E-state index contributed by atoms with van der Waals surface area (Å²) < 4.78 is 14.9. The molecule has 2 aromatic heterocycles. The number of nitrogens with one attached hydrogen (secondary N) is 2. The van der Waals surface area contributed by atoms with E-state index in [9.17, 15) is 9.59 Å². The van der Waals surface area contributed by atoms with E-state index < -0.39 is 6.09 Å². The molecule has 0 unspecified atom stereocenters. The van der Waals surface area contributed by atoms with Crippen molar-refractivity contribution in [3.8, 4) is 5.75 Å². The smallest absolute Gasteiger partial charge is 0.407 e. The van der Waals surface area contributed by atoms with Crippen molar-refractivity contribution >= 4 is 34.7 Å². The van der Waals surface area contributed by atoms with E-state index in [1.165, 1.54) is 0 Å². The summed E-state index contributed by atoms with van der Waals surface area (Å²) in [5.41, 5.74) is 3.82. The molecule has 0 radical (unpaired) electrons. The normalized spacial score (nSPS) is 13.9. The molecule has 11 heteroatoms. The number of aryl methyl sites for hydroxylation is 2. The number of ether oxygens (including phenoxy) is 2. The molecular weight excluding hydrogens is 498 g/mol. The molecule has 3 heterocycles. The third-order valence-electron chi connectivity index (χ3n) is 6.52. The molecule has 0 saturated carbocycles. The molecule has 5 rings (SSSR count). The molecule has 2 N–H and O–H groups in total. The summed E-state index contributed by atoms with van der Waals surface area (Å²) in [4.78, 5) is 33.5. The number of rotatable bonds is 9. The number of amides is 2. The molecular formula is C28H29N7O4. The lowest BCUT2D eigenvalue weighted by Crippen LogP contribution is -2.28. The number of anilines is 1. The van der Waals surface area contributed by atoms with Crippen molar-refractivity contribution in [2.75, 3.05) is 18.5 Å². The van der Waals surface area contributed by atoms with Gasteiger partial charge in [0.2, 0.25) is 5.95 Å². The highest BCUT2D eigenvalue weighted by atomic mass is 16.5. The van der Waals surface area contributed by atoms with E-state index >= 15 is 0 Å². The molecule has 0 aliphatic carbocycles. The van der Waals surface area contributed by atoms with Crippen molar-refractivity contribution in [3.63, 3.8) is 0 Å². The molecule has 0 spiro atoms. The lowest BCUT2D eigenvalue weighted by atomic mass is 10.1. The van der Waals surface area contributed by atoms with Gasteiger partial charge in [-0.05, 0) is 50.5 Å². The Morgan fingerprint density at radius 3 is 2.82 bits per heavy atom. The van der Waals surface area contributed by atoms with Gasteiger partial charge in [0.05, 0.1) is 23.8 Å². The first-order valence-electron chi connectivity index (χ1n) is 12.8. The summed E-state index contributed by atoms with van der Waals surface area (Å²) in [5.74, 6) is 0.618. The molecule has 0 fully saturated rings. The second-order valence-electron chi connectivity index (χ2n) is 9.27. The number of carbonyl (C=O) groups excluding carboxylic acids is 2. The first-order valence-corrected chi connectivity index (χ1v) is 12.8. The fourth-order valence-electron chi connectivity index (χ4n) is 4.71. The molecule has 2 aromatic carbocycles. The van der Waals surface area contributed by atoms with Gasteiger partial charge in [0, 0.05) is 13.1 Å². The third kappa shape index (κ3) is 5.55. The van der Waals surface area contributed by atoms with Crippen LogP contribution in [0.1, 0.15) is 47.6 Å². The van der Waals surface area contributed by atoms with Gasteiger partial charge in [-0.1, -0.05) is 30.3 Å².